The standard InChI is InChI=1S/C40H35N/c1-5-13-38-36(6-2)37-27-26-35(28-39(37)40(38,3)4)41(33-22-18-31(19-23-33)29-14-9-7-10-15-29)34-24-20-32(21-25-34)30-16-11-8-12-17-30/h5-28H,2H2,1,3-4H3/b13-5-. The van der Waals surface area contributed by atoms with Crippen LogP contribution < -0.4 is 4.90 Å². The Labute approximate surface area is 244 Å². The van der Waals surface area contributed by atoms with Crippen LogP contribution in [0.15, 0.2) is 158 Å². The summed E-state index contributed by atoms with van der Waals surface area (Å²) in [5.41, 5.74) is 13.2. The van der Waals surface area contributed by atoms with E-state index in [9.17, 15) is 0 Å². The molecule has 1 aliphatic carbocycles. The molecule has 41 heavy (non-hydrogen) atoms. The molecule has 0 atom stereocenters. The van der Waals surface area contributed by atoms with Gasteiger partial charge in [-0.3, -0.25) is 0 Å². The van der Waals surface area contributed by atoms with Crippen molar-refractivity contribution < 1.29 is 0 Å². The summed E-state index contributed by atoms with van der Waals surface area (Å²) >= 11 is 0. The van der Waals surface area contributed by atoms with E-state index in [0.29, 0.717) is 0 Å². The monoisotopic (exact) mass is 529 g/mol. The summed E-state index contributed by atoms with van der Waals surface area (Å²) in [4.78, 5) is 2.36. The summed E-state index contributed by atoms with van der Waals surface area (Å²) in [5, 5.41) is 0. The van der Waals surface area contributed by atoms with E-state index in [4.69, 9.17) is 0 Å². The Hall–Kier alpha value is -4.88. The van der Waals surface area contributed by atoms with Gasteiger partial charge in [0, 0.05) is 22.5 Å². The van der Waals surface area contributed by atoms with Crippen LogP contribution in [0.1, 0.15) is 31.9 Å². The van der Waals surface area contributed by atoms with Crippen molar-refractivity contribution in [2.45, 2.75) is 26.2 Å². The summed E-state index contributed by atoms with van der Waals surface area (Å²) in [6, 6.07) is 45.7. The van der Waals surface area contributed by atoms with Crippen molar-refractivity contribution in [2.24, 2.45) is 0 Å². The van der Waals surface area contributed by atoms with Gasteiger partial charge in [-0.25, -0.2) is 0 Å². The van der Waals surface area contributed by atoms with E-state index in [2.05, 4.69) is 172 Å². The first-order chi connectivity index (χ1) is 20.0. The quantitative estimate of drug-likeness (QED) is 0.203. The number of fused-ring (bicyclic) bond motifs is 1. The molecule has 0 unspecified atom stereocenters. The highest BCUT2D eigenvalue weighted by Crippen LogP contribution is 2.49. The molecule has 1 nitrogen and oxygen atoms in total. The Morgan fingerprint density at radius 2 is 1.05 bits per heavy atom. The van der Waals surface area contributed by atoms with Gasteiger partial charge >= 0.3 is 0 Å². The Morgan fingerprint density at radius 1 is 0.585 bits per heavy atom. The number of nitrogens with zero attached hydrogens (tertiary/aromatic N) is 1. The molecule has 5 aromatic carbocycles. The van der Waals surface area contributed by atoms with Crippen molar-refractivity contribution >= 4 is 22.6 Å². The van der Waals surface area contributed by atoms with Crippen LogP contribution >= 0.6 is 0 Å². The van der Waals surface area contributed by atoms with Crippen LogP contribution in [0, 0.1) is 0 Å². The number of allylic oxidation sites excluding steroid dienone is 5. The van der Waals surface area contributed by atoms with Gasteiger partial charge in [0.15, 0.2) is 0 Å². The zero-order chi connectivity index (χ0) is 28.4. The molecule has 0 bridgehead atoms. The number of benzene rings is 5. The Kier molecular flexibility index (Phi) is 7.03. The molecule has 0 heterocycles. The predicted molar refractivity (Wildman–Crippen MR) is 177 cm³/mol. The minimum atomic E-state index is -0.124. The lowest BCUT2D eigenvalue weighted by molar-refractivity contribution is 0.654. The number of hydrogen-bond acceptors (Lipinski definition) is 1. The van der Waals surface area contributed by atoms with E-state index in [-0.39, 0.29) is 5.41 Å². The fraction of sp³-hybridized carbons (Fsp3) is 0.100. The van der Waals surface area contributed by atoms with Crippen molar-refractivity contribution in [3.05, 3.63) is 169 Å². The molecule has 0 aliphatic heterocycles. The summed E-state index contributed by atoms with van der Waals surface area (Å²) in [6.07, 6.45) is 6.37. The van der Waals surface area contributed by atoms with E-state index in [1.165, 1.54) is 44.5 Å². The maximum absolute atomic E-state index is 4.16. The van der Waals surface area contributed by atoms with Gasteiger partial charge in [-0.1, -0.05) is 130 Å². The molecule has 1 aliphatic rings. The molecule has 0 saturated heterocycles. The van der Waals surface area contributed by atoms with Crippen LogP contribution in [0.4, 0.5) is 17.1 Å². The van der Waals surface area contributed by atoms with E-state index < -0.39 is 0 Å². The van der Waals surface area contributed by atoms with Crippen molar-refractivity contribution in [1.82, 2.24) is 0 Å². The normalized spacial score (nSPS) is 13.8. The lowest BCUT2D eigenvalue weighted by atomic mass is 9.80. The van der Waals surface area contributed by atoms with Gasteiger partial charge < -0.3 is 4.90 Å². The van der Waals surface area contributed by atoms with Crippen molar-refractivity contribution in [2.75, 3.05) is 4.90 Å². The molecule has 5 aromatic rings. The third-order valence-electron chi connectivity index (χ3n) is 8.19. The van der Waals surface area contributed by atoms with Gasteiger partial charge in [0.25, 0.3) is 0 Å². The first kappa shape index (κ1) is 26.3. The zero-order valence-electron chi connectivity index (χ0n) is 24.0. The molecular weight excluding hydrogens is 494 g/mol. The van der Waals surface area contributed by atoms with Crippen molar-refractivity contribution in [3.8, 4) is 22.3 Å². The van der Waals surface area contributed by atoms with E-state index in [1.54, 1.807) is 0 Å². The lowest BCUT2D eigenvalue weighted by Crippen LogP contribution is -2.17. The molecule has 1 heteroatoms. The Balaban J connectivity index is 1.46. The average molecular weight is 530 g/mol. The van der Waals surface area contributed by atoms with Crippen LogP contribution in [0.25, 0.3) is 27.8 Å². The molecule has 0 radical (unpaired) electrons. The van der Waals surface area contributed by atoms with Crippen molar-refractivity contribution in [3.63, 3.8) is 0 Å². The summed E-state index contributed by atoms with van der Waals surface area (Å²) in [7, 11) is 0. The first-order valence-corrected chi connectivity index (χ1v) is 14.3. The van der Waals surface area contributed by atoms with Crippen LogP contribution in [-0.4, -0.2) is 0 Å². The summed E-state index contributed by atoms with van der Waals surface area (Å²) in [5.74, 6) is 0. The fourth-order valence-electron chi connectivity index (χ4n) is 6.05. The average Bonchev–Trinajstić information content (AvgIpc) is 3.24. The van der Waals surface area contributed by atoms with Crippen LogP contribution in [0.3, 0.4) is 0 Å². The summed E-state index contributed by atoms with van der Waals surface area (Å²) in [6.45, 7) is 10.9. The molecule has 0 saturated carbocycles. The molecule has 0 aromatic heterocycles. The maximum Gasteiger partial charge on any atom is 0.0465 e. The van der Waals surface area contributed by atoms with Crippen LogP contribution in [-0.2, 0) is 5.41 Å². The highest BCUT2D eigenvalue weighted by atomic mass is 15.1. The smallest absolute Gasteiger partial charge is 0.0465 e. The second kappa shape index (κ2) is 10.9. The van der Waals surface area contributed by atoms with Crippen LogP contribution in [0.5, 0.6) is 0 Å². The second-order valence-corrected chi connectivity index (χ2v) is 11.0. The van der Waals surface area contributed by atoms with Gasteiger partial charge in [0.2, 0.25) is 0 Å². The van der Waals surface area contributed by atoms with E-state index in [0.717, 1.165) is 17.1 Å². The van der Waals surface area contributed by atoms with Gasteiger partial charge in [0.1, 0.15) is 0 Å². The molecule has 200 valence electrons. The first-order valence-electron chi connectivity index (χ1n) is 14.3. The fourth-order valence-corrected chi connectivity index (χ4v) is 6.05. The predicted octanol–water partition coefficient (Wildman–Crippen LogP) is 11.3. The van der Waals surface area contributed by atoms with Gasteiger partial charge in [0.05, 0.1) is 0 Å². The minimum absolute atomic E-state index is 0.124. The molecule has 0 fully saturated rings. The minimum Gasteiger partial charge on any atom is -0.310 e. The van der Waals surface area contributed by atoms with Gasteiger partial charge in [-0.15, -0.1) is 0 Å². The topological polar surface area (TPSA) is 3.24 Å². The molecule has 0 N–H and O–H groups in total. The lowest BCUT2D eigenvalue weighted by Gasteiger charge is -2.29. The SMILES string of the molecule is C=CC1=C(/C=C\C)C(C)(C)c2cc(N(c3ccc(-c4ccccc4)cc3)c3ccc(-c4ccccc4)cc3)ccc21. The second-order valence-electron chi connectivity index (χ2n) is 11.0. The number of anilines is 3. The molecule has 6 rings (SSSR count). The molecular formula is C40H35N. The number of rotatable bonds is 7. The van der Waals surface area contributed by atoms with E-state index in [1.807, 2.05) is 6.08 Å². The maximum atomic E-state index is 4.16. The highest BCUT2D eigenvalue weighted by molar-refractivity contribution is 5.90. The Bertz CT molecular complexity index is 1650. The molecule has 0 spiro atoms. The highest BCUT2D eigenvalue weighted by Gasteiger charge is 2.36. The van der Waals surface area contributed by atoms with Crippen molar-refractivity contribution in [1.29, 1.82) is 0 Å². The van der Waals surface area contributed by atoms with E-state index >= 15 is 0 Å². The zero-order valence-corrected chi connectivity index (χ0v) is 24.0. The largest absolute Gasteiger partial charge is 0.310 e. The third-order valence-corrected chi connectivity index (χ3v) is 8.19. The summed E-state index contributed by atoms with van der Waals surface area (Å²) < 4.78 is 0. The van der Waals surface area contributed by atoms with Gasteiger partial charge in [-0.05, 0) is 87.8 Å². The third kappa shape index (κ3) is 4.85. The van der Waals surface area contributed by atoms with Crippen LogP contribution in [0.2, 0.25) is 0 Å². The number of hydrogen-bond donors (Lipinski definition) is 0. The van der Waals surface area contributed by atoms with Gasteiger partial charge in [-0.2, -0.15) is 0 Å². The Morgan fingerprint density at radius 3 is 1.51 bits per heavy atom. The molecule has 0 amide bonds.